The number of ether oxygens (including phenoxy) is 1. The number of allylic oxidation sites excluding steroid dienone is 2. The van der Waals surface area contributed by atoms with Gasteiger partial charge in [0.15, 0.2) is 0 Å². The van der Waals surface area contributed by atoms with Gasteiger partial charge in [0.05, 0.1) is 29.9 Å². The van der Waals surface area contributed by atoms with Crippen molar-refractivity contribution in [2.45, 2.75) is 6.42 Å². The first kappa shape index (κ1) is 14.6. The maximum atomic E-state index is 13.1. The summed E-state index contributed by atoms with van der Waals surface area (Å²) < 4.78 is 5.03. The second-order valence-corrected chi connectivity index (χ2v) is 7.28. The van der Waals surface area contributed by atoms with E-state index in [0.29, 0.717) is 17.6 Å². The molecular weight excluding hydrogens is 324 g/mol. The lowest BCUT2D eigenvalue weighted by Gasteiger charge is -2.37. The minimum absolute atomic E-state index is 0.0447. The Morgan fingerprint density at radius 2 is 1.72 bits per heavy atom. The molecule has 25 heavy (non-hydrogen) atoms. The van der Waals surface area contributed by atoms with Crippen molar-refractivity contribution >= 4 is 23.2 Å². The largest absolute Gasteiger partial charge is 0.496 e. The van der Waals surface area contributed by atoms with Crippen LogP contribution in [0.1, 0.15) is 6.42 Å². The Kier molecular flexibility index (Phi) is 2.74. The van der Waals surface area contributed by atoms with E-state index in [4.69, 9.17) is 4.74 Å². The zero-order valence-corrected chi connectivity index (χ0v) is 13.5. The third-order valence-corrected chi connectivity index (χ3v) is 6.28. The molecule has 1 aromatic rings. The van der Waals surface area contributed by atoms with Crippen molar-refractivity contribution in [2.24, 2.45) is 35.5 Å². The second kappa shape index (κ2) is 4.68. The Hall–Kier alpha value is -2.70. The van der Waals surface area contributed by atoms with Gasteiger partial charge in [-0.05, 0) is 42.2 Å². The normalized spacial score (nSPS) is 37.1. The summed E-state index contributed by atoms with van der Waals surface area (Å²) in [5, 5.41) is 11.5. The van der Waals surface area contributed by atoms with Crippen LogP contribution in [0.3, 0.4) is 0 Å². The van der Waals surface area contributed by atoms with Gasteiger partial charge in [-0.15, -0.1) is 0 Å². The van der Waals surface area contributed by atoms with Gasteiger partial charge >= 0.3 is 0 Å². The molecule has 5 aliphatic rings. The van der Waals surface area contributed by atoms with Gasteiger partial charge in [-0.25, -0.2) is 4.90 Å². The molecule has 1 aliphatic heterocycles. The average molecular weight is 340 g/mol. The summed E-state index contributed by atoms with van der Waals surface area (Å²) in [5.41, 5.74) is -0.242. The van der Waals surface area contributed by atoms with Gasteiger partial charge in [0.1, 0.15) is 11.4 Å². The van der Waals surface area contributed by atoms with Crippen LogP contribution >= 0.6 is 0 Å². The number of rotatable bonds is 3. The van der Waals surface area contributed by atoms with E-state index in [1.165, 1.54) is 25.3 Å². The molecule has 6 atom stereocenters. The molecule has 7 heteroatoms. The Morgan fingerprint density at radius 3 is 2.24 bits per heavy atom. The number of hydrogen-bond donors (Lipinski definition) is 0. The van der Waals surface area contributed by atoms with Crippen LogP contribution in [0, 0.1) is 45.6 Å². The third-order valence-electron chi connectivity index (χ3n) is 6.28. The highest BCUT2D eigenvalue weighted by Gasteiger charge is 2.67. The van der Waals surface area contributed by atoms with Gasteiger partial charge in [-0.3, -0.25) is 19.7 Å². The molecule has 0 unspecified atom stereocenters. The summed E-state index contributed by atoms with van der Waals surface area (Å²) in [6.07, 6.45) is 5.24. The van der Waals surface area contributed by atoms with Crippen LogP contribution in [-0.2, 0) is 9.59 Å². The minimum Gasteiger partial charge on any atom is -0.496 e. The first-order valence-corrected chi connectivity index (χ1v) is 8.41. The van der Waals surface area contributed by atoms with Crippen LogP contribution in [0.4, 0.5) is 11.4 Å². The van der Waals surface area contributed by atoms with Crippen LogP contribution in [0.25, 0.3) is 0 Å². The fraction of sp³-hybridized carbons (Fsp3) is 0.444. The van der Waals surface area contributed by atoms with Gasteiger partial charge in [0.2, 0.25) is 11.8 Å². The van der Waals surface area contributed by atoms with Gasteiger partial charge in [0, 0.05) is 0 Å². The number of carbonyl (C=O) groups excluding carboxylic acids is 2. The number of nitro benzene ring substituents is 1. The molecule has 2 saturated carbocycles. The Balaban J connectivity index is 1.60. The molecule has 2 amide bonds. The molecule has 1 heterocycles. The molecule has 6 rings (SSSR count). The lowest BCUT2D eigenvalue weighted by atomic mass is 9.63. The lowest BCUT2D eigenvalue weighted by molar-refractivity contribution is -0.384. The standard InChI is InChI=1S/C18H16N2O5/c1-25-8-2-5-13(14(6-8)20(23)24)19-17(21)15-9-3-4-10(12-7-11(9)12)16(15)18(19)22/h2-6,9-12,15-16H,7H2,1H3/t9-,10-,11-,12+,15-,16+/m1/s1. The highest BCUT2D eigenvalue weighted by molar-refractivity contribution is 6.23. The van der Waals surface area contributed by atoms with Crippen molar-refractivity contribution in [3.05, 3.63) is 40.5 Å². The Labute approximate surface area is 143 Å². The van der Waals surface area contributed by atoms with Crippen LogP contribution in [0.2, 0.25) is 0 Å². The fourth-order valence-electron chi connectivity index (χ4n) is 5.16. The molecule has 2 bridgehead atoms. The molecule has 128 valence electrons. The van der Waals surface area contributed by atoms with Gasteiger partial charge < -0.3 is 4.74 Å². The molecule has 0 aromatic heterocycles. The number of carbonyl (C=O) groups is 2. The average Bonchev–Trinajstić information content (AvgIpc) is 3.39. The van der Waals surface area contributed by atoms with Crippen LogP contribution in [-0.4, -0.2) is 23.8 Å². The first-order valence-electron chi connectivity index (χ1n) is 8.41. The summed E-state index contributed by atoms with van der Waals surface area (Å²) in [6, 6.07) is 4.22. The quantitative estimate of drug-likeness (QED) is 0.364. The molecule has 1 saturated heterocycles. The predicted octanol–water partition coefficient (Wildman–Crippen LogP) is 2.16. The number of anilines is 1. The summed E-state index contributed by atoms with van der Waals surface area (Å²) in [5.74, 6) is 0.173. The second-order valence-electron chi connectivity index (χ2n) is 7.28. The van der Waals surface area contributed by atoms with E-state index in [1.54, 1.807) is 0 Å². The van der Waals surface area contributed by atoms with E-state index in [0.717, 1.165) is 11.3 Å². The monoisotopic (exact) mass is 340 g/mol. The molecule has 0 spiro atoms. The maximum absolute atomic E-state index is 13.1. The summed E-state index contributed by atoms with van der Waals surface area (Å²) >= 11 is 0. The van der Waals surface area contributed by atoms with Crippen molar-refractivity contribution in [3.63, 3.8) is 0 Å². The fourth-order valence-corrected chi connectivity index (χ4v) is 5.16. The zero-order valence-electron chi connectivity index (χ0n) is 13.5. The van der Waals surface area contributed by atoms with Crippen molar-refractivity contribution < 1.29 is 19.2 Å². The molecule has 4 aliphatic carbocycles. The molecule has 0 radical (unpaired) electrons. The van der Waals surface area contributed by atoms with Gasteiger partial charge in [0.25, 0.3) is 5.69 Å². The summed E-state index contributed by atoms with van der Waals surface area (Å²) in [6.45, 7) is 0. The Bertz CT molecular complexity index is 827. The molecule has 3 fully saturated rings. The number of imide groups is 1. The predicted molar refractivity (Wildman–Crippen MR) is 86.8 cm³/mol. The first-order chi connectivity index (χ1) is 12.0. The van der Waals surface area contributed by atoms with E-state index in [2.05, 4.69) is 12.2 Å². The zero-order chi connectivity index (χ0) is 17.5. The highest BCUT2D eigenvalue weighted by atomic mass is 16.6. The topological polar surface area (TPSA) is 89.8 Å². The maximum Gasteiger partial charge on any atom is 0.297 e. The van der Waals surface area contributed by atoms with Crippen LogP contribution in [0.15, 0.2) is 30.4 Å². The van der Waals surface area contributed by atoms with E-state index < -0.39 is 4.92 Å². The number of methoxy groups -OCH3 is 1. The third kappa shape index (κ3) is 1.75. The van der Waals surface area contributed by atoms with Crippen molar-refractivity contribution in [1.29, 1.82) is 0 Å². The minimum atomic E-state index is -0.579. The van der Waals surface area contributed by atoms with Gasteiger partial charge in [-0.2, -0.15) is 0 Å². The number of hydrogen-bond acceptors (Lipinski definition) is 5. The van der Waals surface area contributed by atoms with E-state index >= 15 is 0 Å². The number of nitrogens with zero attached hydrogens (tertiary/aromatic N) is 2. The molecule has 0 N–H and O–H groups in total. The lowest BCUT2D eigenvalue weighted by Crippen LogP contribution is -2.40. The number of nitro groups is 1. The van der Waals surface area contributed by atoms with Crippen LogP contribution in [0.5, 0.6) is 5.75 Å². The summed E-state index contributed by atoms with van der Waals surface area (Å²) in [7, 11) is 1.41. The van der Waals surface area contributed by atoms with E-state index in [9.17, 15) is 19.7 Å². The summed E-state index contributed by atoms with van der Waals surface area (Å²) in [4.78, 5) is 38.0. The molecule has 7 nitrogen and oxygen atoms in total. The highest BCUT2D eigenvalue weighted by Crippen LogP contribution is 2.65. The molecule has 1 aromatic carbocycles. The molecular formula is C18H16N2O5. The smallest absolute Gasteiger partial charge is 0.297 e. The number of benzene rings is 1. The van der Waals surface area contributed by atoms with Gasteiger partial charge in [-0.1, -0.05) is 12.2 Å². The van der Waals surface area contributed by atoms with Crippen molar-refractivity contribution in [1.82, 2.24) is 0 Å². The SMILES string of the molecule is COc1ccc(N2C(=O)[C@@H]3[C@@H]4C=C[C@H]([C@@H]5C[C@H]45)[C@@H]3C2=O)c([N+](=O)[O-])c1. The van der Waals surface area contributed by atoms with E-state index in [1.807, 2.05) is 0 Å². The van der Waals surface area contributed by atoms with Crippen molar-refractivity contribution in [2.75, 3.05) is 12.0 Å². The van der Waals surface area contributed by atoms with Crippen molar-refractivity contribution in [3.8, 4) is 5.75 Å². The van der Waals surface area contributed by atoms with Crippen LogP contribution < -0.4 is 9.64 Å². The Morgan fingerprint density at radius 1 is 1.12 bits per heavy atom. The number of amides is 2. The van der Waals surface area contributed by atoms with E-state index in [-0.39, 0.29) is 46.9 Å².